The number of nitrogens with zero attached hydrogens (tertiary/aromatic N) is 1. The molecular weight excluding hydrogens is 350 g/mol. The Kier molecular flexibility index (Phi) is 6.70. The van der Waals surface area contributed by atoms with Crippen LogP contribution in [0.4, 0.5) is 5.88 Å². The fourth-order valence-corrected chi connectivity index (χ4v) is 2.25. The van der Waals surface area contributed by atoms with Crippen molar-refractivity contribution in [2.75, 3.05) is 11.9 Å². The van der Waals surface area contributed by atoms with Gasteiger partial charge in [-0.1, -0.05) is 36.7 Å². The number of esters is 1. The van der Waals surface area contributed by atoms with Crippen molar-refractivity contribution >= 4 is 23.7 Å². The first kappa shape index (κ1) is 20.2. The van der Waals surface area contributed by atoms with E-state index >= 15 is 0 Å². The average Bonchev–Trinajstić information content (AvgIpc) is 3.02. The first-order valence-electron chi connectivity index (χ1n) is 8.53. The van der Waals surface area contributed by atoms with Gasteiger partial charge in [-0.2, -0.15) is 0 Å². The topological polar surface area (TPSA) is 111 Å². The van der Waals surface area contributed by atoms with Crippen LogP contribution in [0, 0.1) is 19.8 Å². The first-order chi connectivity index (χ1) is 12.8. The van der Waals surface area contributed by atoms with Crippen LogP contribution in [0.25, 0.3) is 0 Å². The zero-order valence-corrected chi connectivity index (χ0v) is 15.7. The number of benzene rings is 1. The number of hydrogen-bond donors (Lipinski definition) is 2. The van der Waals surface area contributed by atoms with Gasteiger partial charge in [-0.3, -0.25) is 14.9 Å². The molecule has 27 heavy (non-hydrogen) atoms. The summed E-state index contributed by atoms with van der Waals surface area (Å²) in [4.78, 5) is 36.5. The highest BCUT2D eigenvalue weighted by Crippen LogP contribution is 2.10. The zero-order chi connectivity index (χ0) is 20.0. The SMILES string of the molecule is Cc1ccc(C(=O)N[C@H](C(=O)OCC(=O)Nc2cc(C)no2)C(C)C)cc1. The van der Waals surface area contributed by atoms with E-state index in [4.69, 9.17) is 9.26 Å². The minimum absolute atomic E-state index is 0.168. The maximum Gasteiger partial charge on any atom is 0.329 e. The van der Waals surface area contributed by atoms with Gasteiger partial charge in [-0.25, -0.2) is 4.79 Å². The lowest BCUT2D eigenvalue weighted by Gasteiger charge is -2.20. The third-order valence-electron chi connectivity index (χ3n) is 3.76. The molecule has 2 aromatic rings. The van der Waals surface area contributed by atoms with Crippen LogP contribution >= 0.6 is 0 Å². The van der Waals surface area contributed by atoms with Crippen molar-refractivity contribution in [2.45, 2.75) is 33.7 Å². The lowest BCUT2D eigenvalue weighted by molar-refractivity contribution is -0.150. The molecular formula is C19H23N3O5. The van der Waals surface area contributed by atoms with E-state index in [-0.39, 0.29) is 17.7 Å². The highest BCUT2D eigenvalue weighted by Gasteiger charge is 2.26. The van der Waals surface area contributed by atoms with Crippen LogP contribution < -0.4 is 10.6 Å². The van der Waals surface area contributed by atoms with E-state index in [1.165, 1.54) is 0 Å². The monoisotopic (exact) mass is 373 g/mol. The van der Waals surface area contributed by atoms with Gasteiger partial charge in [0.05, 0.1) is 5.69 Å². The third kappa shape index (κ3) is 5.95. The van der Waals surface area contributed by atoms with Crippen molar-refractivity contribution < 1.29 is 23.6 Å². The molecule has 0 saturated carbocycles. The molecule has 0 aliphatic carbocycles. The summed E-state index contributed by atoms with van der Waals surface area (Å²) in [7, 11) is 0. The summed E-state index contributed by atoms with van der Waals surface area (Å²) in [5.41, 5.74) is 2.08. The molecule has 2 amide bonds. The summed E-state index contributed by atoms with van der Waals surface area (Å²) in [5, 5.41) is 8.72. The number of anilines is 1. The number of carbonyl (C=O) groups is 3. The lowest BCUT2D eigenvalue weighted by Crippen LogP contribution is -2.45. The molecule has 144 valence electrons. The van der Waals surface area contributed by atoms with E-state index in [0.29, 0.717) is 11.3 Å². The Morgan fingerprint density at radius 1 is 1.15 bits per heavy atom. The molecule has 1 aromatic heterocycles. The van der Waals surface area contributed by atoms with Crippen molar-refractivity contribution in [3.8, 4) is 0 Å². The van der Waals surface area contributed by atoms with Gasteiger partial charge in [-0.05, 0) is 31.9 Å². The fourth-order valence-electron chi connectivity index (χ4n) is 2.25. The van der Waals surface area contributed by atoms with Crippen LogP contribution in [0.3, 0.4) is 0 Å². The first-order valence-corrected chi connectivity index (χ1v) is 8.53. The summed E-state index contributed by atoms with van der Waals surface area (Å²) in [6.07, 6.45) is 0. The van der Waals surface area contributed by atoms with Crippen LogP contribution in [0.5, 0.6) is 0 Å². The van der Waals surface area contributed by atoms with E-state index in [1.54, 1.807) is 39.0 Å². The van der Waals surface area contributed by atoms with Crippen molar-refractivity contribution in [1.29, 1.82) is 0 Å². The summed E-state index contributed by atoms with van der Waals surface area (Å²) in [5.74, 6) is -1.68. The minimum atomic E-state index is -0.876. The number of nitrogens with one attached hydrogen (secondary N) is 2. The van der Waals surface area contributed by atoms with E-state index in [2.05, 4.69) is 15.8 Å². The Hall–Kier alpha value is -3.16. The van der Waals surface area contributed by atoms with Crippen LogP contribution in [0.1, 0.15) is 35.5 Å². The maximum absolute atomic E-state index is 12.3. The fraction of sp³-hybridized carbons (Fsp3) is 0.368. The molecule has 0 spiro atoms. The van der Waals surface area contributed by atoms with Crippen LogP contribution in [0.15, 0.2) is 34.9 Å². The highest BCUT2D eigenvalue weighted by atomic mass is 16.5. The predicted molar refractivity (Wildman–Crippen MR) is 98.1 cm³/mol. The molecule has 8 heteroatoms. The third-order valence-corrected chi connectivity index (χ3v) is 3.76. The van der Waals surface area contributed by atoms with Crippen LogP contribution in [-0.4, -0.2) is 35.6 Å². The smallest absolute Gasteiger partial charge is 0.329 e. The molecule has 0 bridgehead atoms. The van der Waals surface area contributed by atoms with Crippen LogP contribution in [0.2, 0.25) is 0 Å². The predicted octanol–water partition coefficient (Wildman–Crippen LogP) is 2.23. The van der Waals surface area contributed by atoms with Gasteiger partial charge in [0.25, 0.3) is 11.8 Å². The number of amides is 2. The summed E-state index contributed by atoms with van der Waals surface area (Å²) < 4.78 is 9.89. The molecule has 2 rings (SSSR count). The molecule has 1 aromatic carbocycles. The Morgan fingerprint density at radius 2 is 1.81 bits per heavy atom. The summed E-state index contributed by atoms with van der Waals surface area (Å²) in [6, 6.07) is 7.65. The second-order valence-corrected chi connectivity index (χ2v) is 6.55. The Balaban J connectivity index is 1.91. The number of ether oxygens (including phenoxy) is 1. The summed E-state index contributed by atoms with van der Waals surface area (Å²) >= 11 is 0. The molecule has 1 heterocycles. The number of carbonyl (C=O) groups excluding carboxylic acids is 3. The minimum Gasteiger partial charge on any atom is -0.454 e. The molecule has 2 N–H and O–H groups in total. The van der Waals surface area contributed by atoms with Gasteiger partial charge in [0.1, 0.15) is 6.04 Å². The van der Waals surface area contributed by atoms with Gasteiger partial charge in [0.2, 0.25) is 5.88 Å². The van der Waals surface area contributed by atoms with Gasteiger partial charge in [0.15, 0.2) is 6.61 Å². The number of rotatable bonds is 7. The molecule has 0 aliphatic heterocycles. The molecule has 0 saturated heterocycles. The number of hydrogen-bond acceptors (Lipinski definition) is 6. The van der Waals surface area contributed by atoms with Gasteiger partial charge >= 0.3 is 5.97 Å². The second kappa shape index (κ2) is 8.98. The van der Waals surface area contributed by atoms with Gasteiger partial charge in [-0.15, -0.1) is 0 Å². The summed E-state index contributed by atoms with van der Waals surface area (Å²) in [6.45, 7) is 6.68. The van der Waals surface area contributed by atoms with Crippen molar-refractivity contribution in [3.05, 3.63) is 47.2 Å². The average molecular weight is 373 g/mol. The van der Waals surface area contributed by atoms with Crippen molar-refractivity contribution in [2.24, 2.45) is 5.92 Å². The Labute approximate surface area is 157 Å². The van der Waals surface area contributed by atoms with Gasteiger partial charge in [0, 0.05) is 11.6 Å². The van der Waals surface area contributed by atoms with E-state index < -0.39 is 24.5 Å². The molecule has 1 atom stereocenters. The van der Waals surface area contributed by atoms with Crippen LogP contribution in [-0.2, 0) is 14.3 Å². The second-order valence-electron chi connectivity index (χ2n) is 6.55. The van der Waals surface area contributed by atoms with Gasteiger partial charge < -0.3 is 14.6 Å². The standard InChI is InChI=1S/C19H23N3O5/c1-11(2)17(21-18(24)14-7-5-12(3)6-8-14)19(25)26-10-15(23)20-16-9-13(4)22-27-16/h5-9,11,17H,10H2,1-4H3,(H,20,23)(H,21,24)/t17-/m0/s1. The maximum atomic E-state index is 12.3. The van der Waals surface area contributed by atoms with E-state index in [1.807, 2.05) is 19.1 Å². The Morgan fingerprint density at radius 3 is 2.37 bits per heavy atom. The zero-order valence-electron chi connectivity index (χ0n) is 15.7. The normalized spacial score (nSPS) is 11.7. The molecule has 8 nitrogen and oxygen atoms in total. The molecule has 0 radical (unpaired) electrons. The highest BCUT2D eigenvalue weighted by molar-refractivity contribution is 5.97. The lowest BCUT2D eigenvalue weighted by atomic mass is 10.0. The quantitative estimate of drug-likeness (QED) is 0.720. The number of aromatic nitrogens is 1. The van der Waals surface area contributed by atoms with E-state index in [9.17, 15) is 14.4 Å². The largest absolute Gasteiger partial charge is 0.454 e. The van der Waals surface area contributed by atoms with Crippen molar-refractivity contribution in [1.82, 2.24) is 10.5 Å². The Bertz CT molecular complexity index is 811. The molecule has 0 fully saturated rings. The van der Waals surface area contributed by atoms with Crippen molar-refractivity contribution in [3.63, 3.8) is 0 Å². The molecule has 0 aliphatic rings. The molecule has 0 unspecified atom stereocenters. The van der Waals surface area contributed by atoms with E-state index in [0.717, 1.165) is 5.56 Å². The number of aryl methyl sites for hydroxylation is 2.